The lowest BCUT2D eigenvalue weighted by molar-refractivity contribution is -0.141. The van der Waals surface area contributed by atoms with Crippen LogP contribution in [0.1, 0.15) is 11.4 Å². The summed E-state index contributed by atoms with van der Waals surface area (Å²) in [6.07, 6.45) is -2.89. The van der Waals surface area contributed by atoms with Crippen LogP contribution in [0.5, 0.6) is 0 Å². The Kier molecular flexibility index (Phi) is 3.11. The molecule has 0 unspecified atom stereocenters. The molecule has 0 aliphatic heterocycles. The van der Waals surface area contributed by atoms with Crippen molar-refractivity contribution in [2.24, 2.45) is 0 Å². The van der Waals surface area contributed by atoms with E-state index in [0.29, 0.717) is 21.6 Å². The first-order valence-corrected chi connectivity index (χ1v) is 7.42. The van der Waals surface area contributed by atoms with Crippen molar-refractivity contribution in [3.8, 4) is 5.69 Å². The number of aromatic amines is 1. The highest BCUT2D eigenvalue weighted by Crippen LogP contribution is 2.32. The standard InChI is InChI=1S/C16H10ClF3N4/c1-8-4-9-2-3-13(16(18,19)20)22-15(9)24(8)11-5-10-7-21-23-14(10)12(17)6-11/h2-7H,1H3,(H,21,23). The number of aromatic nitrogens is 4. The van der Waals surface area contributed by atoms with Gasteiger partial charge in [0.1, 0.15) is 11.3 Å². The van der Waals surface area contributed by atoms with Crippen LogP contribution in [0.3, 0.4) is 0 Å². The summed E-state index contributed by atoms with van der Waals surface area (Å²) in [5.74, 6) is 0. The fourth-order valence-corrected chi connectivity index (χ4v) is 3.08. The molecule has 0 bridgehead atoms. The number of hydrogen-bond acceptors (Lipinski definition) is 2. The Labute approximate surface area is 138 Å². The van der Waals surface area contributed by atoms with Gasteiger partial charge >= 0.3 is 6.18 Å². The summed E-state index contributed by atoms with van der Waals surface area (Å²) in [5, 5.41) is 8.55. The van der Waals surface area contributed by atoms with Gasteiger partial charge in [-0.15, -0.1) is 0 Å². The lowest BCUT2D eigenvalue weighted by Gasteiger charge is -2.11. The van der Waals surface area contributed by atoms with Crippen LogP contribution in [0.15, 0.2) is 36.5 Å². The number of nitrogens with zero attached hydrogens (tertiary/aromatic N) is 3. The molecule has 0 radical (unpaired) electrons. The van der Waals surface area contributed by atoms with Gasteiger partial charge in [-0.2, -0.15) is 18.3 Å². The zero-order chi connectivity index (χ0) is 17.1. The summed E-state index contributed by atoms with van der Waals surface area (Å²) in [6, 6.07) is 7.68. The van der Waals surface area contributed by atoms with E-state index in [1.165, 1.54) is 6.07 Å². The van der Waals surface area contributed by atoms with Crippen LogP contribution in [0.4, 0.5) is 13.2 Å². The summed E-state index contributed by atoms with van der Waals surface area (Å²) in [5.41, 5.74) is 1.38. The number of halogens is 4. The van der Waals surface area contributed by atoms with E-state index in [9.17, 15) is 13.2 Å². The average Bonchev–Trinajstić information content (AvgIpc) is 3.08. The van der Waals surface area contributed by atoms with Crippen molar-refractivity contribution in [2.75, 3.05) is 0 Å². The van der Waals surface area contributed by atoms with Crippen LogP contribution < -0.4 is 0 Å². The smallest absolute Gasteiger partial charge is 0.299 e. The van der Waals surface area contributed by atoms with Crippen LogP contribution in [0.2, 0.25) is 5.02 Å². The highest BCUT2D eigenvalue weighted by Gasteiger charge is 2.33. The van der Waals surface area contributed by atoms with Gasteiger partial charge in [-0.25, -0.2) is 4.98 Å². The summed E-state index contributed by atoms with van der Waals surface area (Å²) in [6.45, 7) is 1.81. The van der Waals surface area contributed by atoms with Crippen LogP contribution >= 0.6 is 11.6 Å². The fourth-order valence-electron chi connectivity index (χ4n) is 2.82. The number of hydrogen-bond donors (Lipinski definition) is 1. The molecule has 4 rings (SSSR count). The molecule has 1 aromatic carbocycles. The molecular weight excluding hydrogens is 341 g/mol. The number of rotatable bonds is 1. The first-order chi connectivity index (χ1) is 11.3. The Hall–Kier alpha value is -2.54. The van der Waals surface area contributed by atoms with E-state index in [0.717, 1.165) is 17.1 Å². The summed E-state index contributed by atoms with van der Waals surface area (Å²) in [4.78, 5) is 3.81. The predicted octanol–water partition coefficient (Wildman–Crippen LogP) is 4.88. The molecule has 0 saturated heterocycles. The van der Waals surface area contributed by atoms with Gasteiger partial charge < -0.3 is 0 Å². The molecule has 8 heteroatoms. The number of fused-ring (bicyclic) bond motifs is 2. The number of alkyl halides is 3. The summed E-state index contributed by atoms with van der Waals surface area (Å²) in [7, 11) is 0. The number of nitrogens with one attached hydrogen (secondary N) is 1. The average molecular weight is 351 g/mol. The third-order valence-electron chi connectivity index (χ3n) is 3.87. The second-order valence-electron chi connectivity index (χ2n) is 5.49. The Morgan fingerprint density at radius 2 is 1.92 bits per heavy atom. The molecule has 0 fully saturated rings. The van der Waals surface area contributed by atoms with Crippen molar-refractivity contribution in [1.29, 1.82) is 0 Å². The van der Waals surface area contributed by atoms with Crippen LogP contribution in [-0.2, 0) is 6.18 Å². The van der Waals surface area contributed by atoms with Crippen molar-refractivity contribution in [3.05, 3.63) is 52.9 Å². The SMILES string of the molecule is Cc1cc2ccc(C(F)(F)F)nc2n1-c1cc(Cl)c2[nH]ncc2c1. The first kappa shape index (κ1) is 15.0. The molecule has 0 aliphatic rings. The van der Waals surface area contributed by atoms with Crippen molar-refractivity contribution in [3.63, 3.8) is 0 Å². The Bertz CT molecular complexity index is 1080. The van der Waals surface area contributed by atoms with Gasteiger partial charge in [-0.3, -0.25) is 9.67 Å². The predicted molar refractivity (Wildman–Crippen MR) is 85.5 cm³/mol. The lowest BCUT2D eigenvalue weighted by Crippen LogP contribution is -2.08. The minimum atomic E-state index is -4.50. The lowest BCUT2D eigenvalue weighted by atomic mass is 10.2. The summed E-state index contributed by atoms with van der Waals surface area (Å²) >= 11 is 6.24. The third-order valence-corrected chi connectivity index (χ3v) is 4.17. The first-order valence-electron chi connectivity index (χ1n) is 7.04. The van der Waals surface area contributed by atoms with E-state index in [1.54, 1.807) is 29.0 Å². The number of H-pyrrole nitrogens is 1. The van der Waals surface area contributed by atoms with E-state index < -0.39 is 11.9 Å². The van der Waals surface area contributed by atoms with Gasteiger partial charge in [0.05, 0.1) is 16.7 Å². The molecule has 3 heterocycles. The zero-order valence-electron chi connectivity index (χ0n) is 12.3. The number of benzene rings is 1. The molecule has 4 nitrogen and oxygen atoms in total. The fraction of sp³-hybridized carbons (Fsp3) is 0.125. The van der Waals surface area contributed by atoms with Gasteiger partial charge in [0.25, 0.3) is 0 Å². The third kappa shape index (κ3) is 2.24. The van der Waals surface area contributed by atoms with E-state index in [1.807, 2.05) is 6.92 Å². The van der Waals surface area contributed by atoms with Crippen molar-refractivity contribution < 1.29 is 13.2 Å². The van der Waals surface area contributed by atoms with Crippen LogP contribution in [0.25, 0.3) is 27.6 Å². The van der Waals surface area contributed by atoms with Gasteiger partial charge in [-0.05, 0) is 37.3 Å². The minimum absolute atomic E-state index is 0.237. The van der Waals surface area contributed by atoms with E-state index in [2.05, 4.69) is 15.2 Å². The van der Waals surface area contributed by atoms with E-state index in [-0.39, 0.29) is 5.65 Å². The van der Waals surface area contributed by atoms with Gasteiger partial charge in [-0.1, -0.05) is 11.6 Å². The van der Waals surface area contributed by atoms with Crippen LogP contribution in [-0.4, -0.2) is 19.7 Å². The minimum Gasteiger partial charge on any atom is -0.299 e. The molecule has 122 valence electrons. The molecule has 4 aromatic rings. The van der Waals surface area contributed by atoms with Crippen molar-refractivity contribution in [1.82, 2.24) is 19.7 Å². The summed E-state index contributed by atoms with van der Waals surface area (Å²) < 4.78 is 40.6. The molecule has 0 atom stereocenters. The molecule has 0 saturated carbocycles. The van der Waals surface area contributed by atoms with Gasteiger partial charge in [0.2, 0.25) is 0 Å². The topological polar surface area (TPSA) is 46.5 Å². The maximum Gasteiger partial charge on any atom is 0.433 e. The van der Waals surface area contributed by atoms with E-state index in [4.69, 9.17) is 11.6 Å². The molecule has 0 amide bonds. The highest BCUT2D eigenvalue weighted by molar-refractivity contribution is 6.35. The Morgan fingerprint density at radius 3 is 2.67 bits per heavy atom. The Morgan fingerprint density at radius 1 is 1.12 bits per heavy atom. The highest BCUT2D eigenvalue weighted by atomic mass is 35.5. The number of pyridine rings is 1. The van der Waals surface area contributed by atoms with Crippen molar-refractivity contribution >= 4 is 33.5 Å². The second-order valence-corrected chi connectivity index (χ2v) is 5.90. The molecule has 0 spiro atoms. The zero-order valence-corrected chi connectivity index (χ0v) is 13.1. The normalized spacial score (nSPS) is 12.4. The van der Waals surface area contributed by atoms with Crippen LogP contribution in [0, 0.1) is 6.92 Å². The van der Waals surface area contributed by atoms with Gasteiger partial charge in [0.15, 0.2) is 0 Å². The second kappa shape index (κ2) is 4.98. The molecular formula is C16H10ClF3N4. The van der Waals surface area contributed by atoms with Crippen molar-refractivity contribution in [2.45, 2.75) is 13.1 Å². The maximum atomic E-state index is 13.0. The molecule has 1 N–H and O–H groups in total. The quantitative estimate of drug-likeness (QED) is 0.531. The Balaban J connectivity index is 2.02. The number of aryl methyl sites for hydroxylation is 1. The molecule has 24 heavy (non-hydrogen) atoms. The van der Waals surface area contributed by atoms with E-state index >= 15 is 0 Å². The maximum absolute atomic E-state index is 13.0. The molecule has 3 aromatic heterocycles. The monoisotopic (exact) mass is 350 g/mol. The largest absolute Gasteiger partial charge is 0.433 e. The molecule has 0 aliphatic carbocycles. The van der Waals surface area contributed by atoms with Gasteiger partial charge in [0, 0.05) is 22.2 Å².